The minimum Gasteiger partial charge on any atom is -0.370 e. The quantitative estimate of drug-likeness (QED) is 0.577. The van der Waals surface area contributed by atoms with Crippen molar-refractivity contribution < 1.29 is 4.79 Å². The minimum atomic E-state index is -0.106. The van der Waals surface area contributed by atoms with Crippen LogP contribution in [-0.4, -0.2) is 23.4 Å². The summed E-state index contributed by atoms with van der Waals surface area (Å²) in [4.78, 5) is 16.3. The lowest BCUT2D eigenvalue weighted by molar-refractivity contribution is 0.0939. The fraction of sp³-hybridized carbons (Fsp3) is 0.529. The van der Waals surface area contributed by atoms with Crippen LogP contribution in [0.2, 0.25) is 0 Å². The largest absolute Gasteiger partial charge is 0.370 e. The molecule has 0 radical (unpaired) electrons. The van der Waals surface area contributed by atoms with Crippen LogP contribution in [0.15, 0.2) is 29.3 Å². The molecule has 1 amide bonds. The van der Waals surface area contributed by atoms with Crippen molar-refractivity contribution in [2.24, 2.45) is 10.7 Å². The average molecular weight is 304 g/mol. The standard InChI is InChI=1S/C17H28N4O/c1-6-12(2)20-15(22)14-9-7-13(8-10-14)11-19-16(18)21-17(3,4)5/h7-10,12H,6,11H2,1-5H3,(H,20,22)(H3,18,19,21). The fourth-order valence-corrected chi connectivity index (χ4v) is 1.77. The number of amides is 1. The summed E-state index contributed by atoms with van der Waals surface area (Å²) in [5, 5.41) is 6.06. The maximum atomic E-state index is 12.0. The van der Waals surface area contributed by atoms with Crippen molar-refractivity contribution in [3.63, 3.8) is 0 Å². The molecule has 0 saturated carbocycles. The number of guanidine groups is 1. The molecule has 5 nitrogen and oxygen atoms in total. The normalized spacial score (nSPS) is 13.6. The van der Waals surface area contributed by atoms with Crippen molar-refractivity contribution >= 4 is 11.9 Å². The van der Waals surface area contributed by atoms with Gasteiger partial charge in [0.2, 0.25) is 0 Å². The van der Waals surface area contributed by atoms with Crippen LogP contribution in [0.1, 0.15) is 57.0 Å². The van der Waals surface area contributed by atoms with Gasteiger partial charge in [-0.25, -0.2) is 4.99 Å². The first-order valence-corrected chi connectivity index (χ1v) is 7.69. The van der Waals surface area contributed by atoms with Crippen molar-refractivity contribution in [3.05, 3.63) is 35.4 Å². The van der Waals surface area contributed by atoms with Gasteiger partial charge in [-0.3, -0.25) is 4.79 Å². The van der Waals surface area contributed by atoms with E-state index in [0.29, 0.717) is 18.1 Å². The fourth-order valence-electron chi connectivity index (χ4n) is 1.77. The summed E-state index contributed by atoms with van der Waals surface area (Å²) in [6.07, 6.45) is 0.915. The molecule has 0 aliphatic rings. The zero-order valence-electron chi connectivity index (χ0n) is 14.2. The number of nitrogens with two attached hydrogens (primary N) is 1. The highest BCUT2D eigenvalue weighted by atomic mass is 16.1. The lowest BCUT2D eigenvalue weighted by Crippen LogP contribution is -2.44. The smallest absolute Gasteiger partial charge is 0.251 e. The zero-order valence-corrected chi connectivity index (χ0v) is 14.2. The monoisotopic (exact) mass is 304 g/mol. The molecule has 4 N–H and O–H groups in total. The maximum absolute atomic E-state index is 12.0. The van der Waals surface area contributed by atoms with Gasteiger partial charge in [-0.15, -0.1) is 0 Å². The van der Waals surface area contributed by atoms with Crippen molar-refractivity contribution in [2.45, 2.75) is 59.2 Å². The second-order valence-corrected chi connectivity index (χ2v) is 6.56. The molecule has 0 aliphatic carbocycles. The Morgan fingerprint density at radius 2 is 1.86 bits per heavy atom. The van der Waals surface area contributed by atoms with Crippen molar-refractivity contribution in [1.82, 2.24) is 10.6 Å². The molecule has 0 aliphatic heterocycles. The number of rotatable bonds is 5. The molecule has 22 heavy (non-hydrogen) atoms. The van der Waals surface area contributed by atoms with Gasteiger partial charge in [0.25, 0.3) is 5.91 Å². The summed E-state index contributed by atoms with van der Waals surface area (Å²) in [6, 6.07) is 7.62. The van der Waals surface area contributed by atoms with Crippen LogP contribution in [-0.2, 0) is 6.54 Å². The molecule has 0 saturated heterocycles. The third-order valence-electron chi connectivity index (χ3n) is 3.14. The Hall–Kier alpha value is -2.04. The van der Waals surface area contributed by atoms with Crippen LogP contribution in [0.25, 0.3) is 0 Å². The first kappa shape index (κ1) is 18.0. The second kappa shape index (κ2) is 7.82. The van der Waals surface area contributed by atoms with E-state index in [0.717, 1.165) is 12.0 Å². The van der Waals surface area contributed by atoms with Crippen LogP contribution in [0.4, 0.5) is 0 Å². The first-order chi connectivity index (χ1) is 10.2. The summed E-state index contributed by atoms with van der Waals surface area (Å²) in [6.45, 7) is 10.6. The molecule has 0 fully saturated rings. The van der Waals surface area contributed by atoms with Gasteiger partial charge in [-0.2, -0.15) is 0 Å². The van der Waals surface area contributed by atoms with E-state index in [1.807, 2.05) is 58.9 Å². The Morgan fingerprint density at radius 3 is 2.36 bits per heavy atom. The summed E-state index contributed by atoms with van der Waals surface area (Å²) in [5.74, 6) is 0.379. The second-order valence-electron chi connectivity index (χ2n) is 6.56. The van der Waals surface area contributed by atoms with E-state index < -0.39 is 0 Å². The third kappa shape index (κ3) is 6.61. The SMILES string of the molecule is CCC(C)NC(=O)c1ccc(CN=C(N)NC(C)(C)C)cc1. The Bertz CT molecular complexity index is 514. The van der Waals surface area contributed by atoms with Crippen LogP contribution in [0, 0.1) is 0 Å². The summed E-state index contributed by atoms with van der Waals surface area (Å²) < 4.78 is 0. The van der Waals surface area contributed by atoms with E-state index in [-0.39, 0.29) is 17.5 Å². The highest BCUT2D eigenvalue weighted by Crippen LogP contribution is 2.07. The molecule has 122 valence electrons. The molecular formula is C17H28N4O. The molecule has 0 bridgehead atoms. The number of carbonyl (C=O) groups is 1. The van der Waals surface area contributed by atoms with E-state index in [9.17, 15) is 4.79 Å². The Kier molecular flexibility index (Phi) is 6.40. The van der Waals surface area contributed by atoms with Gasteiger partial charge in [-0.1, -0.05) is 19.1 Å². The summed E-state index contributed by atoms with van der Waals surface area (Å²) >= 11 is 0. The minimum absolute atomic E-state index is 0.0432. The van der Waals surface area contributed by atoms with Gasteiger partial charge in [-0.05, 0) is 51.8 Å². The summed E-state index contributed by atoms with van der Waals surface area (Å²) in [7, 11) is 0. The van der Waals surface area contributed by atoms with E-state index in [1.54, 1.807) is 0 Å². The van der Waals surface area contributed by atoms with Gasteiger partial charge in [0.05, 0.1) is 6.54 Å². The average Bonchev–Trinajstić information content (AvgIpc) is 2.43. The molecule has 5 heteroatoms. The van der Waals surface area contributed by atoms with Gasteiger partial charge in [0, 0.05) is 17.1 Å². The highest BCUT2D eigenvalue weighted by Gasteiger charge is 2.10. The maximum Gasteiger partial charge on any atom is 0.251 e. The lowest BCUT2D eigenvalue weighted by atomic mass is 10.1. The van der Waals surface area contributed by atoms with Crippen LogP contribution < -0.4 is 16.4 Å². The molecule has 1 aromatic carbocycles. The molecule has 0 spiro atoms. The van der Waals surface area contributed by atoms with E-state index >= 15 is 0 Å². The van der Waals surface area contributed by atoms with E-state index in [2.05, 4.69) is 15.6 Å². The highest BCUT2D eigenvalue weighted by molar-refractivity contribution is 5.94. The molecule has 1 unspecified atom stereocenters. The number of carbonyl (C=O) groups excluding carboxylic acids is 1. The molecule has 0 heterocycles. The third-order valence-corrected chi connectivity index (χ3v) is 3.14. The molecule has 1 rings (SSSR count). The zero-order chi connectivity index (χ0) is 16.8. The molecule has 1 atom stereocenters. The predicted octanol–water partition coefficient (Wildman–Crippen LogP) is 2.42. The molecule has 1 aromatic rings. The van der Waals surface area contributed by atoms with Crippen LogP contribution >= 0.6 is 0 Å². The topological polar surface area (TPSA) is 79.5 Å². The number of hydrogen-bond donors (Lipinski definition) is 3. The number of benzene rings is 1. The molecule has 0 aromatic heterocycles. The summed E-state index contributed by atoms with van der Waals surface area (Å²) in [5.41, 5.74) is 7.40. The Balaban J connectivity index is 2.62. The van der Waals surface area contributed by atoms with E-state index in [4.69, 9.17) is 5.73 Å². The predicted molar refractivity (Wildman–Crippen MR) is 91.9 cm³/mol. The molecular weight excluding hydrogens is 276 g/mol. The van der Waals surface area contributed by atoms with E-state index in [1.165, 1.54) is 0 Å². The van der Waals surface area contributed by atoms with Crippen LogP contribution in [0.5, 0.6) is 0 Å². The van der Waals surface area contributed by atoms with Crippen molar-refractivity contribution in [2.75, 3.05) is 0 Å². The number of aliphatic imine (C=N–C) groups is 1. The van der Waals surface area contributed by atoms with Crippen LogP contribution in [0.3, 0.4) is 0 Å². The Morgan fingerprint density at radius 1 is 1.27 bits per heavy atom. The van der Waals surface area contributed by atoms with Gasteiger partial charge in [0.15, 0.2) is 5.96 Å². The van der Waals surface area contributed by atoms with Crippen molar-refractivity contribution in [3.8, 4) is 0 Å². The number of hydrogen-bond acceptors (Lipinski definition) is 2. The Labute approximate surface area is 133 Å². The van der Waals surface area contributed by atoms with Gasteiger partial charge in [0.1, 0.15) is 0 Å². The number of nitrogens with zero attached hydrogens (tertiary/aromatic N) is 1. The van der Waals surface area contributed by atoms with Gasteiger partial charge >= 0.3 is 0 Å². The van der Waals surface area contributed by atoms with Gasteiger partial charge < -0.3 is 16.4 Å². The first-order valence-electron chi connectivity index (χ1n) is 7.69. The lowest BCUT2D eigenvalue weighted by Gasteiger charge is -2.21. The van der Waals surface area contributed by atoms with Crippen molar-refractivity contribution in [1.29, 1.82) is 0 Å². The number of nitrogens with one attached hydrogen (secondary N) is 2.